The standard InChI is InChI=1S/C63H55N/c1-9-13-41-20-29-50-51-30-21-42(36-57(51)62(5,6)56(50)35-41)18-19-43-22-31-52-54-33-28-48(39-60(54)63(7,8)58(52)37-43)64(47-15-12-14-40(2)34-47)46-26-23-44(24-27-46)45-25-32-53-49-16-10-11-17-55(49)61(3,4)59(53)38-45/h9-39H,1-8H3/b13-9+,19-18+. The zero-order valence-electron chi connectivity index (χ0n) is 38.3. The second-order valence-corrected chi connectivity index (χ2v) is 19.9. The van der Waals surface area contributed by atoms with Crippen molar-refractivity contribution in [2.24, 2.45) is 0 Å². The Kier molecular flexibility index (Phi) is 9.06. The quantitative estimate of drug-likeness (QED) is 0.145. The van der Waals surface area contributed by atoms with Gasteiger partial charge in [-0.3, -0.25) is 0 Å². The van der Waals surface area contributed by atoms with Gasteiger partial charge in [0, 0.05) is 33.3 Å². The van der Waals surface area contributed by atoms with Crippen LogP contribution in [0.4, 0.5) is 17.1 Å². The fourth-order valence-electron chi connectivity index (χ4n) is 11.3. The van der Waals surface area contributed by atoms with Gasteiger partial charge in [-0.1, -0.05) is 187 Å². The van der Waals surface area contributed by atoms with E-state index in [9.17, 15) is 0 Å². The number of nitrogens with zero attached hydrogens (tertiary/aromatic N) is 1. The zero-order chi connectivity index (χ0) is 44.1. The van der Waals surface area contributed by atoms with E-state index in [0.29, 0.717) is 0 Å². The number of aryl methyl sites for hydroxylation is 1. The van der Waals surface area contributed by atoms with Gasteiger partial charge in [0.25, 0.3) is 0 Å². The summed E-state index contributed by atoms with van der Waals surface area (Å²) in [6.45, 7) is 18.5. The van der Waals surface area contributed by atoms with E-state index < -0.39 is 0 Å². The Morgan fingerprint density at radius 1 is 0.344 bits per heavy atom. The highest BCUT2D eigenvalue weighted by molar-refractivity contribution is 5.89. The SMILES string of the molecule is C/C=C/c1ccc2c(c1)C(C)(C)c1cc(/C=C/c3ccc4c(c3)C(C)(C)c3cc(N(c5ccc(-c6ccc7c(c6)C(C)(C)c6ccccc6-7)cc5)c5cccc(C)c5)ccc3-4)ccc1-2. The summed E-state index contributed by atoms with van der Waals surface area (Å²) in [5.41, 5.74) is 27.0. The minimum absolute atomic E-state index is 0.0331. The van der Waals surface area contributed by atoms with Gasteiger partial charge in [0.1, 0.15) is 0 Å². The first-order valence-corrected chi connectivity index (χ1v) is 22.9. The molecule has 0 aromatic heterocycles. The first-order valence-electron chi connectivity index (χ1n) is 22.9. The van der Waals surface area contributed by atoms with Crippen molar-refractivity contribution in [1.29, 1.82) is 0 Å². The molecule has 3 aliphatic rings. The molecule has 0 spiro atoms. The van der Waals surface area contributed by atoms with E-state index in [1.54, 1.807) is 0 Å². The molecule has 0 aliphatic heterocycles. The highest BCUT2D eigenvalue weighted by Crippen LogP contribution is 2.53. The summed E-state index contributed by atoms with van der Waals surface area (Å²) in [4.78, 5) is 2.42. The molecule has 0 radical (unpaired) electrons. The molecule has 0 bridgehead atoms. The van der Waals surface area contributed by atoms with Crippen LogP contribution < -0.4 is 4.90 Å². The fourth-order valence-corrected chi connectivity index (χ4v) is 11.3. The lowest BCUT2D eigenvalue weighted by Gasteiger charge is -2.28. The molecule has 8 aromatic carbocycles. The maximum atomic E-state index is 2.44. The molecular weight excluding hydrogens is 771 g/mol. The van der Waals surface area contributed by atoms with Crippen molar-refractivity contribution >= 4 is 35.3 Å². The van der Waals surface area contributed by atoms with Gasteiger partial charge in [-0.15, -0.1) is 0 Å². The van der Waals surface area contributed by atoms with Gasteiger partial charge >= 0.3 is 0 Å². The molecule has 0 saturated heterocycles. The first kappa shape index (κ1) is 39.9. The Bertz CT molecular complexity index is 3260. The van der Waals surface area contributed by atoms with Crippen molar-refractivity contribution in [2.75, 3.05) is 4.90 Å². The Morgan fingerprint density at radius 3 is 1.36 bits per heavy atom. The predicted octanol–water partition coefficient (Wildman–Crippen LogP) is 17.3. The second-order valence-electron chi connectivity index (χ2n) is 19.9. The number of fused-ring (bicyclic) bond motifs is 9. The van der Waals surface area contributed by atoms with Gasteiger partial charge in [0.2, 0.25) is 0 Å². The second kappa shape index (κ2) is 14.5. The smallest absolute Gasteiger partial charge is 0.0465 e. The molecule has 8 aromatic rings. The lowest BCUT2D eigenvalue weighted by Crippen LogP contribution is -2.16. The lowest BCUT2D eigenvalue weighted by molar-refractivity contribution is 0.660. The van der Waals surface area contributed by atoms with E-state index in [-0.39, 0.29) is 16.2 Å². The van der Waals surface area contributed by atoms with Crippen molar-refractivity contribution in [3.63, 3.8) is 0 Å². The number of rotatable bonds is 7. The van der Waals surface area contributed by atoms with Crippen LogP contribution in [0.3, 0.4) is 0 Å². The lowest BCUT2D eigenvalue weighted by atomic mass is 9.81. The van der Waals surface area contributed by atoms with Gasteiger partial charge in [0.15, 0.2) is 0 Å². The van der Waals surface area contributed by atoms with Crippen LogP contribution in [0.15, 0.2) is 170 Å². The maximum absolute atomic E-state index is 2.44. The molecule has 0 heterocycles. The molecule has 11 rings (SSSR count). The van der Waals surface area contributed by atoms with E-state index in [0.717, 1.165) is 17.1 Å². The number of hydrogen-bond acceptors (Lipinski definition) is 1. The number of allylic oxidation sites excluding steroid dienone is 1. The highest BCUT2D eigenvalue weighted by atomic mass is 15.1. The van der Waals surface area contributed by atoms with Crippen LogP contribution in [0, 0.1) is 6.92 Å². The largest absolute Gasteiger partial charge is 0.310 e. The number of benzene rings is 8. The van der Waals surface area contributed by atoms with Gasteiger partial charge in [-0.05, 0) is 156 Å². The molecule has 64 heavy (non-hydrogen) atoms. The van der Waals surface area contributed by atoms with E-state index in [1.165, 1.54) is 100 Å². The van der Waals surface area contributed by atoms with Gasteiger partial charge in [-0.25, -0.2) is 0 Å². The molecule has 0 unspecified atom stereocenters. The molecule has 0 saturated carbocycles. The van der Waals surface area contributed by atoms with Crippen molar-refractivity contribution in [3.8, 4) is 44.5 Å². The van der Waals surface area contributed by atoms with E-state index in [1.807, 2.05) is 0 Å². The summed E-state index contributed by atoms with van der Waals surface area (Å²) in [5.74, 6) is 0. The van der Waals surface area contributed by atoms with Crippen molar-refractivity contribution in [2.45, 2.75) is 71.6 Å². The zero-order valence-corrected chi connectivity index (χ0v) is 38.3. The van der Waals surface area contributed by atoms with Gasteiger partial charge in [0.05, 0.1) is 0 Å². The topological polar surface area (TPSA) is 3.24 Å². The minimum atomic E-state index is -0.178. The summed E-state index contributed by atoms with van der Waals surface area (Å²) in [6.07, 6.45) is 8.89. The van der Waals surface area contributed by atoms with Crippen molar-refractivity contribution in [1.82, 2.24) is 0 Å². The molecule has 0 atom stereocenters. The van der Waals surface area contributed by atoms with Crippen LogP contribution in [0.2, 0.25) is 0 Å². The molecule has 312 valence electrons. The third-order valence-corrected chi connectivity index (χ3v) is 14.8. The monoisotopic (exact) mass is 825 g/mol. The Labute approximate surface area is 380 Å². The van der Waals surface area contributed by atoms with Crippen LogP contribution >= 0.6 is 0 Å². The Morgan fingerprint density at radius 2 is 0.781 bits per heavy atom. The summed E-state index contributed by atoms with van der Waals surface area (Å²) in [6, 6.07) is 62.0. The third kappa shape index (κ3) is 6.20. The Balaban J connectivity index is 0.894. The van der Waals surface area contributed by atoms with E-state index >= 15 is 0 Å². The number of hydrogen-bond donors (Lipinski definition) is 0. The predicted molar refractivity (Wildman–Crippen MR) is 274 cm³/mol. The van der Waals surface area contributed by atoms with Crippen molar-refractivity contribution in [3.05, 3.63) is 226 Å². The Hall–Kier alpha value is -6.96. The van der Waals surface area contributed by atoms with Crippen molar-refractivity contribution < 1.29 is 0 Å². The highest BCUT2D eigenvalue weighted by Gasteiger charge is 2.38. The van der Waals surface area contributed by atoms with Crippen LogP contribution in [0.25, 0.3) is 62.7 Å². The third-order valence-electron chi connectivity index (χ3n) is 14.8. The average molecular weight is 826 g/mol. The molecular formula is C63H55N. The van der Waals surface area contributed by atoms with E-state index in [4.69, 9.17) is 0 Å². The maximum Gasteiger partial charge on any atom is 0.0465 e. The minimum Gasteiger partial charge on any atom is -0.310 e. The summed E-state index contributed by atoms with van der Waals surface area (Å²) < 4.78 is 0. The normalized spacial score (nSPS) is 15.4. The molecule has 3 aliphatic carbocycles. The van der Waals surface area contributed by atoms with Crippen LogP contribution in [-0.4, -0.2) is 0 Å². The summed E-state index contributed by atoms with van der Waals surface area (Å²) >= 11 is 0. The molecule has 1 heteroatoms. The molecule has 0 N–H and O–H groups in total. The summed E-state index contributed by atoms with van der Waals surface area (Å²) in [7, 11) is 0. The van der Waals surface area contributed by atoms with Crippen LogP contribution in [0.1, 0.15) is 104 Å². The fraction of sp³-hybridized carbons (Fsp3) is 0.175. The first-order chi connectivity index (χ1) is 30.8. The number of anilines is 3. The van der Waals surface area contributed by atoms with Crippen LogP contribution in [-0.2, 0) is 16.2 Å². The van der Waals surface area contributed by atoms with Gasteiger partial charge in [-0.2, -0.15) is 0 Å². The van der Waals surface area contributed by atoms with Crippen LogP contribution in [0.5, 0.6) is 0 Å². The van der Waals surface area contributed by atoms with Gasteiger partial charge < -0.3 is 4.90 Å². The summed E-state index contributed by atoms with van der Waals surface area (Å²) in [5, 5.41) is 0. The molecule has 0 amide bonds. The average Bonchev–Trinajstić information content (AvgIpc) is 3.77. The molecule has 0 fully saturated rings. The molecule has 1 nitrogen and oxygen atoms in total. The van der Waals surface area contributed by atoms with E-state index in [2.05, 4.69) is 248 Å².